The van der Waals surface area contributed by atoms with Crippen LogP contribution in [0.4, 0.5) is 0 Å². The molecule has 1 fully saturated rings. The van der Waals surface area contributed by atoms with Crippen LogP contribution >= 0.6 is 23.5 Å². The molecule has 0 bridgehead atoms. The molecule has 2 rings (SSSR count). The lowest BCUT2D eigenvalue weighted by Crippen LogP contribution is -1.89. The Labute approximate surface area is 107 Å². The van der Waals surface area contributed by atoms with Gasteiger partial charge in [0.2, 0.25) is 0 Å². The molecule has 0 aromatic heterocycles. The van der Waals surface area contributed by atoms with Gasteiger partial charge in [0.15, 0.2) is 0 Å². The Hall–Kier alpha value is -0.340. The molecule has 1 heterocycles. The van der Waals surface area contributed by atoms with Crippen molar-refractivity contribution in [2.45, 2.75) is 24.9 Å². The molecule has 1 saturated heterocycles. The zero-order valence-electron chi connectivity index (χ0n) is 9.90. The maximum atomic E-state index is 2.39. The lowest BCUT2D eigenvalue weighted by atomic mass is 10.1. The molecule has 1 aromatic rings. The molecule has 0 N–H and O–H groups in total. The van der Waals surface area contributed by atoms with E-state index < -0.39 is 0 Å². The maximum absolute atomic E-state index is 2.39. The van der Waals surface area contributed by atoms with E-state index in [4.69, 9.17) is 0 Å². The fraction of sp³-hybridized carbons (Fsp3) is 0.429. The van der Waals surface area contributed by atoms with Crippen LogP contribution in [0.2, 0.25) is 0 Å². The molecule has 86 valence electrons. The first-order valence-corrected chi connectivity index (χ1v) is 7.82. The number of aryl methyl sites for hydroxylation is 1. The van der Waals surface area contributed by atoms with Gasteiger partial charge in [-0.05, 0) is 31.4 Å². The van der Waals surface area contributed by atoms with Gasteiger partial charge in [-0.15, -0.1) is 23.5 Å². The van der Waals surface area contributed by atoms with Gasteiger partial charge in [0.25, 0.3) is 0 Å². The Balaban J connectivity index is 1.97. The van der Waals surface area contributed by atoms with Gasteiger partial charge in [0.05, 0.1) is 4.58 Å². The van der Waals surface area contributed by atoms with Crippen LogP contribution in [0.1, 0.15) is 24.5 Å². The Morgan fingerprint density at radius 2 is 1.88 bits per heavy atom. The van der Waals surface area contributed by atoms with Crippen molar-refractivity contribution in [3.05, 3.63) is 41.5 Å². The van der Waals surface area contributed by atoms with E-state index in [2.05, 4.69) is 67.7 Å². The number of allylic oxidation sites excluding steroid dienone is 2. The van der Waals surface area contributed by atoms with Crippen molar-refractivity contribution >= 4 is 29.1 Å². The van der Waals surface area contributed by atoms with Crippen molar-refractivity contribution in [1.82, 2.24) is 0 Å². The SMILES string of the molecule is CC(=CCC1SCCS1)c1ccc(C)cc1. The minimum atomic E-state index is 0.792. The summed E-state index contributed by atoms with van der Waals surface area (Å²) in [5.41, 5.74) is 4.10. The quantitative estimate of drug-likeness (QED) is 0.769. The van der Waals surface area contributed by atoms with E-state index in [0.29, 0.717) is 0 Å². The van der Waals surface area contributed by atoms with Gasteiger partial charge in [0.1, 0.15) is 0 Å². The zero-order chi connectivity index (χ0) is 11.4. The second kappa shape index (κ2) is 5.83. The second-order valence-corrected chi connectivity index (χ2v) is 7.08. The van der Waals surface area contributed by atoms with Crippen molar-refractivity contribution < 1.29 is 0 Å². The van der Waals surface area contributed by atoms with Gasteiger partial charge in [-0.2, -0.15) is 0 Å². The van der Waals surface area contributed by atoms with Gasteiger partial charge >= 0.3 is 0 Å². The Morgan fingerprint density at radius 1 is 1.25 bits per heavy atom. The first-order chi connectivity index (χ1) is 7.75. The molecule has 16 heavy (non-hydrogen) atoms. The van der Waals surface area contributed by atoms with Crippen LogP contribution in [-0.2, 0) is 0 Å². The van der Waals surface area contributed by atoms with E-state index >= 15 is 0 Å². The summed E-state index contributed by atoms with van der Waals surface area (Å²) in [4.78, 5) is 0. The van der Waals surface area contributed by atoms with Crippen LogP contribution in [0.5, 0.6) is 0 Å². The summed E-state index contributed by atoms with van der Waals surface area (Å²) in [7, 11) is 0. The molecule has 0 amide bonds. The largest absolute Gasteiger partial charge is 0.146 e. The first-order valence-electron chi connectivity index (χ1n) is 5.73. The fourth-order valence-electron chi connectivity index (χ4n) is 1.75. The molecule has 1 aliphatic heterocycles. The third-order valence-corrected chi connectivity index (χ3v) is 5.90. The summed E-state index contributed by atoms with van der Waals surface area (Å²) in [6.07, 6.45) is 3.59. The monoisotopic (exact) mass is 250 g/mol. The number of thioether (sulfide) groups is 2. The summed E-state index contributed by atoms with van der Waals surface area (Å²) in [5, 5.41) is 0. The molecule has 2 heteroatoms. The number of hydrogen-bond donors (Lipinski definition) is 0. The lowest BCUT2D eigenvalue weighted by Gasteiger charge is -2.06. The number of rotatable bonds is 3. The smallest absolute Gasteiger partial charge is 0.0537 e. The van der Waals surface area contributed by atoms with Crippen LogP contribution in [0.3, 0.4) is 0 Å². The predicted octanol–water partition coefficient (Wildman–Crippen LogP) is 4.59. The highest BCUT2D eigenvalue weighted by molar-refractivity contribution is 8.20. The number of benzene rings is 1. The van der Waals surface area contributed by atoms with Crippen LogP contribution in [0.25, 0.3) is 5.57 Å². The van der Waals surface area contributed by atoms with E-state index in [9.17, 15) is 0 Å². The van der Waals surface area contributed by atoms with E-state index in [1.54, 1.807) is 0 Å². The third-order valence-electron chi connectivity index (χ3n) is 2.81. The molecule has 1 aromatic carbocycles. The summed E-state index contributed by atoms with van der Waals surface area (Å²) in [6.45, 7) is 4.35. The van der Waals surface area contributed by atoms with Crippen LogP contribution in [0.15, 0.2) is 30.3 Å². The molecule has 0 saturated carbocycles. The Bertz CT molecular complexity index is 359. The standard InChI is InChI=1S/C14H18S2/c1-11-3-6-13(7-4-11)12(2)5-8-14-15-9-10-16-14/h3-7,14H,8-10H2,1-2H3. The minimum absolute atomic E-state index is 0.792. The summed E-state index contributed by atoms with van der Waals surface area (Å²) in [6, 6.07) is 8.81. The van der Waals surface area contributed by atoms with E-state index in [1.165, 1.54) is 34.6 Å². The average molecular weight is 250 g/mol. The highest BCUT2D eigenvalue weighted by atomic mass is 32.2. The second-order valence-electron chi connectivity index (χ2n) is 4.16. The molecule has 0 spiro atoms. The van der Waals surface area contributed by atoms with Crippen LogP contribution < -0.4 is 0 Å². The van der Waals surface area contributed by atoms with E-state index in [1.807, 2.05) is 0 Å². The molecule has 0 atom stereocenters. The topological polar surface area (TPSA) is 0 Å². The van der Waals surface area contributed by atoms with Crippen LogP contribution in [-0.4, -0.2) is 16.1 Å². The molecule has 0 aliphatic carbocycles. The fourth-order valence-corrected chi connectivity index (χ4v) is 4.47. The molecule has 0 nitrogen and oxygen atoms in total. The third kappa shape index (κ3) is 3.33. The summed E-state index contributed by atoms with van der Waals surface area (Å²) < 4.78 is 0.792. The summed E-state index contributed by atoms with van der Waals surface area (Å²) >= 11 is 4.20. The van der Waals surface area contributed by atoms with E-state index in [-0.39, 0.29) is 0 Å². The molecule has 1 aliphatic rings. The van der Waals surface area contributed by atoms with Crippen molar-refractivity contribution in [1.29, 1.82) is 0 Å². The van der Waals surface area contributed by atoms with Crippen molar-refractivity contribution in [3.63, 3.8) is 0 Å². The maximum Gasteiger partial charge on any atom is 0.0537 e. The molecular formula is C14H18S2. The highest BCUT2D eigenvalue weighted by Crippen LogP contribution is 2.35. The molecule has 0 radical (unpaired) electrons. The normalized spacial score (nSPS) is 18.0. The Kier molecular flexibility index (Phi) is 4.42. The average Bonchev–Trinajstić information content (AvgIpc) is 2.80. The van der Waals surface area contributed by atoms with Gasteiger partial charge < -0.3 is 0 Å². The van der Waals surface area contributed by atoms with Crippen molar-refractivity contribution in [3.8, 4) is 0 Å². The number of hydrogen-bond acceptors (Lipinski definition) is 2. The molecular weight excluding hydrogens is 232 g/mol. The van der Waals surface area contributed by atoms with E-state index in [0.717, 1.165) is 4.58 Å². The lowest BCUT2D eigenvalue weighted by molar-refractivity contribution is 1.19. The van der Waals surface area contributed by atoms with Gasteiger partial charge in [-0.3, -0.25) is 0 Å². The summed E-state index contributed by atoms with van der Waals surface area (Å²) in [5.74, 6) is 2.65. The first kappa shape index (κ1) is 12.1. The van der Waals surface area contributed by atoms with Crippen molar-refractivity contribution in [2.24, 2.45) is 0 Å². The Morgan fingerprint density at radius 3 is 2.50 bits per heavy atom. The highest BCUT2D eigenvalue weighted by Gasteiger charge is 2.14. The van der Waals surface area contributed by atoms with Crippen molar-refractivity contribution in [2.75, 3.05) is 11.5 Å². The minimum Gasteiger partial charge on any atom is -0.146 e. The molecule has 0 unspecified atom stereocenters. The predicted molar refractivity (Wildman–Crippen MR) is 78.2 cm³/mol. The van der Waals surface area contributed by atoms with Gasteiger partial charge in [-0.1, -0.05) is 35.9 Å². The van der Waals surface area contributed by atoms with Crippen LogP contribution in [0, 0.1) is 6.92 Å². The zero-order valence-corrected chi connectivity index (χ0v) is 11.5. The van der Waals surface area contributed by atoms with Gasteiger partial charge in [-0.25, -0.2) is 0 Å². The van der Waals surface area contributed by atoms with Gasteiger partial charge in [0, 0.05) is 11.5 Å².